The van der Waals surface area contributed by atoms with Gasteiger partial charge >= 0.3 is 12.1 Å². The van der Waals surface area contributed by atoms with Gasteiger partial charge in [0.15, 0.2) is 0 Å². The van der Waals surface area contributed by atoms with Crippen LogP contribution in [-0.4, -0.2) is 53.2 Å². The van der Waals surface area contributed by atoms with E-state index in [1.165, 1.54) is 12.0 Å². The Labute approximate surface area is 131 Å². The molecule has 7 heteroatoms. The summed E-state index contributed by atoms with van der Waals surface area (Å²) in [4.78, 5) is 37.2. The molecule has 1 heterocycles. The zero-order valence-electron chi connectivity index (χ0n) is 13.7. The average Bonchev–Trinajstić information content (AvgIpc) is 2.94. The number of methoxy groups -OCH3 is 1. The number of likely N-dealkylation sites (tertiary alicyclic amines) is 1. The normalized spacial score (nSPS) is 23.7. The number of rotatable bonds is 6. The van der Waals surface area contributed by atoms with Crippen LogP contribution in [0, 0.1) is 5.92 Å². The summed E-state index contributed by atoms with van der Waals surface area (Å²) in [5, 5.41) is 11.9. The minimum atomic E-state index is -0.995. The van der Waals surface area contributed by atoms with Gasteiger partial charge in [0.2, 0.25) is 5.91 Å². The number of alkyl carbamates (subject to hydrolysis) is 1. The molecular formula is C15H26N2O5. The van der Waals surface area contributed by atoms with E-state index in [0.717, 1.165) is 0 Å². The predicted octanol–water partition coefficient (Wildman–Crippen LogP) is 1.61. The molecule has 1 saturated heterocycles. The molecule has 0 bridgehead atoms. The molecule has 7 nitrogen and oxygen atoms in total. The number of nitrogens with zero attached hydrogens (tertiary/aromatic N) is 1. The summed E-state index contributed by atoms with van der Waals surface area (Å²) in [5.74, 6) is -1.44. The quantitative estimate of drug-likeness (QED) is 0.776. The lowest BCUT2D eigenvalue weighted by molar-refractivity contribution is -0.151. The highest BCUT2D eigenvalue weighted by atomic mass is 16.5. The van der Waals surface area contributed by atoms with Gasteiger partial charge in [-0.15, -0.1) is 0 Å². The van der Waals surface area contributed by atoms with Gasteiger partial charge < -0.3 is 20.1 Å². The van der Waals surface area contributed by atoms with Crippen molar-refractivity contribution in [1.29, 1.82) is 0 Å². The fourth-order valence-electron chi connectivity index (χ4n) is 2.89. The van der Waals surface area contributed by atoms with Gasteiger partial charge in [-0.25, -0.2) is 9.59 Å². The molecule has 0 saturated carbocycles. The van der Waals surface area contributed by atoms with Gasteiger partial charge in [-0.1, -0.05) is 27.2 Å². The molecule has 1 aliphatic rings. The van der Waals surface area contributed by atoms with Crippen LogP contribution in [0.25, 0.3) is 0 Å². The number of nitrogens with one attached hydrogen (secondary N) is 1. The summed E-state index contributed by atoms with van der Waals surface area (Å²) in [6.45, 7) is 5.70. The average molecular weight is 314 g/mol. The first kappa shape index (κ1) is 18.3. The highest BCUT2D eigenvalue weighted by Crippen LogP contribution is 2.28. The Kier molecular flexibility index (Phi) is 6.64. The molecule has 0 aromatic heterocycles. The molecule has 2 N–H and O–H groups in total. The van der Waals surface area contributed by atoms with Gasteiger partial charge in [0.1, 0.15) is 12.1 Å². The van der Waals surface area contributed by atoms with Crippen LogP contribution in [0.4, 0.5) is 4.79 Å². The molecule has 0 spiro atoms. The maximum absolute atomic E-state index is 12.9. The Morgan fingerprint density at radius 3 is 2.41 bits per heavy atom. The molecule has 1 unspecified atom stereocenters. The summed E-state index contributed by atoms with van der Waals surface area (Å²) in [5.41, 5.74) is 0. The molecule has 2 amide bonds. The third-order valence-corrected chi connectivity index (χ3v) is 4.45. The molecule has 1 fully saturated rings. The molecule has 1 rings (SSSR count). The Bertz CT molecular complexity index is 426. The van der Waals surface area contributed by atoms with E-state index in [9.17, 15) is 19.5 Å². The van der Waals surface area contributed by atoms with Crippen molar-refractivity contribution in [3.8, 4) is 0 Å². The Morgan fingerprint density at radius 1 is 1.32 bits per heavy atom. The van der Waals surface area contributed by atoms with E-state index in [2.05, 4.69) is 10.1 Å². The second kappa shape index (κ2) is 8.00. The van der Waals surface area contributed by atoms with Crippen LogP contribution in [0.2, 0.25) is 0 Å². The van der Waals surface area contributed by atoms with Gasteiger partial charge in [-0.3, -0.25) is 4.79 Å². The number of aliphatic carboxylic acids is 1. The Morgan fingerprint density at radius 2 is 1.95 bits per heavy atom. The van der Waals surface area contributed by atoms with Crippen molar-refractivity contribution in [2.24, 2.45) is 5.92 Å². The fraction of sp³-hybridized carbons (Fsp3) is 0.800. The van der Waals surface area contributed by atoms with Crippen molar-refractivity contribution < 1.29 is 24.2 Å². The molecular weight excluding hydrogens is 288 g/mol. The lowest BCUT2D eigenvalue weighted by atomic mass is 9.97. The molecule has 0 aromatic carbocycles. The maximum Gasteiger partial charge on any atom is 0.407 e. The Hall–Kier alpha value is -1.79. The summed E-state index contributed by atoms with van der Waals surface area (Å²) >= 11 is 0. The smallest absolute Gasteiger partial charge is 0.407 e. The van der Waals surface area contributed by atoms with E-state index in [4.69, 9.17) is 0 Å². The van der Waals surface area contributed by atoms with Crippen LogP contribution in [0.15, 0.2) is 0 Å². The number of amides is 2. The summed E-state index contributed by atoms with van der Waals surface area (Å²) in [7, 11) is 1.23. The lowest BCUT2D eigenvalue weighted by Crippen LogP contribution is -2.56. The monoisotopic (exact) mass is 314 g/mol. The summed E-state index contributed by atoms with van der Waals surface area (Å²) < 4.78 is 4.58. The maximum atomic E-state index is 12.9. The van der Waals surface area contributed by atoms with Crippen LogP contribution < -0.4 is 5.32 Å². The zero-order chi connectivity index (χ0) is 16.9. The largest absolute Gasteiger partial charge is 0.480 e. The molecule has 0 aromatic rings. The van der Waals surface area contributed by atoms with Crippen LogP contribution in [0.5, 0.6) is 0 Å². The summed E-state index contributed by atoms with van der Waals surface area (Å²) in [6, 6.07) is -1.69. The van der Waals surface area contributed by atoms with Crippen molar-refractivity contribution in [3.63, 3.8) is 0 Å². The van der Waals surface area contributed by atoms with E-state index >= 15 is 0 Å². The number of carbonyl (C=O) groups is 3. The van der Waals surface area contributed by atoms with Crippen molar-refractivity contribution in [2.75, 3.05) is 7.11 Å². The SMILES string of the molecule is CCC(C)[C@H](NC(=O)OC)C(=O)N1[C@@H](CC)CC[C@H]1C(=O)O. The predicted molar refractivity (Wildman–Crippen MR) is 80.4 cm³/mol. The zero-order valence-corrected chi connectivity index (χ0v) is 13.7. The first-order valence-electron chi connectivity index (χ1n) is 7.76. The highest BCUT2D eigenvalue weighted by Gasteiger charge is 2.43. The topological polar surface area (TPSA) is 95.9 Å². The minimum absolute atomic E-state index is 0.0976. The Balaban J connectivity index is 3.03. The minimum Gasteiger partial charge on any atom is -0.480 e. The van der Waals surface area contributed by atoms with Crippen LogP contribution in [0.3, 0.4) is 0 Å². The van der Waals surface area contributed by atoms with E-state index in [1.807, 2.05) is 20.8 Å². The van der Waals surface area contributed by atoms with Crippen molar-refractivity contribution in [3.05, 3.63) is 0 Å². The number of carbonyl (C=O) groups excluding carboxylic acids is 2. The number of hydrogen-bond acceptors (Lipinski definition) is 4. The summed E-state index contributed by atoms with van der Waals surface area (Å²) in [6.07, 6.45) is 1.82. The van der Waals surface area contributed by atoms with Crippen LogP contribution >= 0.6 is 0 Å². The second-order valence-corrected chi connectivity index (χ2v) is 5.74. The molecule has 0 aliphatic carbocycles. The molecule has 4 atom stereocenters. The number of hydrogen-bond donors (Lipinski definition) is 2. The van der Waals surface area contributed by atoms with Crippen LogP contribution in [0.1, 0.15) is 46.5 Å². The highest BCUT2D eigenvalue weighted by molar-refractivity contribution is 5.90. The third-order valence-electron chi connectivity index (χ3n) is 4.45. The van der Waals surface area contributed by atoms with Crippen LogP contribution in [-0.2, 0) is 14.3 Å². The molecule has 1 aliphatic heterocycles. The van der Waals surface area contributed by atoms with E-state index in [1.54, 1.807) is 0 Å². The standard InChI is InChI=1S/C15H26N2O5/c1-5-9(3)12(16-15(21)22-4)13(18)17-10(6-2)7-8-11(17)14(19)20/h9-12H,5-8H2,1-4H3,(H,16,21)(H,19,20)/t9?,10-,11-,12-/m0/s1. The van der Waals surface area contributed by atoms with Crippen molar-refractivity contribution >= 4 is 18.0 Å². The first-order valence-corrected chi connectivity index (χ1v) is 7.76. The van der Waals surface area contributed by atoms with E-state index < -0.39 is 24.1 Å². The van der Waals surface area contributed by atoms with E-state index in [0.29, 0.717) is 25.7 Å². The van der Waals surface area contributed by atoms with Gasteiger partial charge in [0.25, 0.3) is 0 Å². The van der Waals surface area contributed by atoms with Gasteiger partial charge in [-0.05, 0) is 25.2 Å². The van der Waals surface area contributed by atoms with Gasteiger partial charge in [-0.2, -0.15) is 0 Å². The van der Waals surface area contributed by atoms with Gasteiger partial charge in [0, 0.05) is 6.04 Å². The first-order chi connectivity index (χ1) is 10.4. The number of carboxylic acid groups (broad SMARTS) is 1. The lowest BCUT2D eigenvalue weighted by Gasteiger charge is -2.33. The second-order valence-electron chi connectivity index (χ2n) is 5.74. The van der Waals surface area contributed by atoms with E-state index in [-0.39, 0.29) is 17.9 Å². The molecule has 126 valence electrons. The molecule has 22 heavy (non-hydrogen) atoms. The third kappa shape index (κ3) is 3.90. The van der Waals surface area contributed by atoms with Crippen molar-refractivity contribution in [2.45, 2.75) is 64.6 Å². The van der Waals surface area contributed by atoms with Gasteiger partial charge in [0.05, 0.1) is 7.11 Å². The fourth-order valence-corrected chi connectivity index (χ4v) is 2.89. The number of carboxylic acids is 1. The molecule has 0 radical (unpaired) electrons. The number of ether oxygens (including phenoxy) is 1. The van der Waals surface area contributed by atoms with Crippen molar-refractivity contribution in [1.82, 2.24) is 10.2 Å².